The van der Waals surface area contributed by atoms with Crippen molar-refractivity contribution in [1.82, 2.24) is 0 Å². The summed E-state index contributed by atoms with van der Waals surface area (Å²) < 4.78 is 45.8. The molecule has 8 heteroatoms. The summed E-state index contributed by atoms with van der Waals surface area (Å²) in [6.45, 7) is 4.42. The van der Waals surface area contributed by atoms with E-state index in [0.717, 1.165) is 5.56 Å². The molecule has 0 spiro atoms. The molecule has 3 aliphatic heterocycles. The van der Waals surface area contributed by atoms with Gasteiger partial charge in [0.1, 0.15) is 24.9 Å². The topological polar surface area (TPSA) is 72.5 Å². The van der Waals surface area contributed by atoms with Crippen LogP contribution >= 0.6 is 0 Å². The van der Waals surface area contributed by atoms with Crippen molar-refractivity contribution in [3.8, 4) is 0 Å². The fourth-order valence-electron chi connectivity index (χ4n) is 3.28. The fraction of sp³-hybridized carbons (Fsp3) is 0.625. The van der Waals surface area contributed by atoms with Gasteiger partial charge in [-0.25, -0.2) is 0 Å². The van der Waals surface area contributed by atoms with Crippen LogP contribution in [0, 0.1) is 0 Å². The lowest BCUT2D eigenvalue weighted by molar-refractivity contribution is -0.300. The third-order valence-corrected chi connectivity index (χ3v) is 5.01. The highest BCUT2D eigenvalue weighted by atomic mass is 32.2. The lowest BCUT2D eigenvalue weighted by Crippen LogP contribution is -2.60. The van der Waals surface area contributed by atoms with E-state index in [1.54, 1.807) is 13.8 Å². The predicted octanol–water partition coefficient (Wildman–Crippen LogP) is 1.44. The highest BCUT2D eigenvalue weighted by Gasteiger charge is 2.64. The molecule has 0 unspecified atom stereocenters. The predicted molar refractivity (Wildman–Crippen MR) is 82.7 cm³/mol. The van der Waals surface area contributed by atoms with Crippen LogP contribution in [0.5, 0.6) is 0 Å². The zero-order valence-corrected chi connectivity index (χ0v) is 14.3. The van der Waals surface area contributed by atoms with Crippen LogP contribution in [0.25, 0.3) is 0 Å². The van der Waals surface area contributed by atoms with Crippen LogP contribution in [-0.4, -0.2) is 47.3 Å². The van der Waals surface area contributed by atoms with E-state index in [1.165, 1.54) is 0 Å². The summed E-state index contributed by atoms with van der Waals surface area (Å²) in [4.78, 5) is 0. The van der Waals surface area contributed by atoms with Crippen molar-refractivity contribution >= 4 is 11.4 Å². The number of ether oxygens (including phenoxy) is 4. The summed E-state index contributed by atoms with van der Waals surface area (Å²) in [5.41, 5.74) is 1.05. The Kier molecular flexibility index (Phi) is 4.24. The first kappa shape index (κ1) is 16.6. The first-order chi connectivity index (χ1) is 11.5. The number of hydrogen-bond donors (Lipinski definition) is 0. The number of hydrogen-bond acceptors (Lipinski definition) is 7. The van der Waals surface area contributed by atoms with E-state index in [9.17, 15) is 4.21 Å². The van der Waals surface area contributed by atoms with E-state index in [4.69, 9.17) is 27.3 Å². The minimum atomic E-state index is -1.79. The van der Waals surface area contributed by atoms with Crippen LogP contribution in [0.1, 0.15) is 19.4 Å². The second-order valence-corrected chi connectivity index (χ2v) is 7.33. The first-order valence-electron chi connectivity index (χ1n) is 7.87. The molecule has 7 nitrogen and oxygen atoms in total. The molecular weight excluding hydrogens is 336 g/mol. The van der Waals surface area contributed by atoms with E-state index in [1.807, 2.05) is 30.3 Å². The molecule has 4 rings (SSSR count). The van der Waals surface area contributed by atoms with Gasteiger partial charge >= 0.3 is 11.4 Å². The average molecular weight is 356 g/mol. The second-order valence-electron chi connectivity index (χ2n) is 6.54. The Morgan fingerprint density at radius 2 is 2.04 bits per heavy atom. The molecule has 0 N–H and O–H groups in total. The van der Waals surface area contributed by atoms with Gasteiger partial charge in [0, 0.05) is 0 Å². The third-order valence-electron chi connectivity index (χ3n) is 4.23. The molecule has 0 amide bonds. The smallest absolute Gasteiger partial charge is 0.305 e. The van der Waals surface area contributed by atoms with Gasteiger partial charge in [0.2, 0.25) is 5.79 Å². The Morgan fingerprint density at radius 1 is 1.25 bits per heavy atom. The maximum absolute atomic E-state index is 11.5. The van der Waals surface area contributed by atoms with Gasteiger partial charge in [0.25, 0.3) is 0 Å². The molecule has 5 atom stereocenters. The summed E-state index contributed by atoms with van der Waals surface area (Å²) in [6, 6.07) is 9.84. The van der Waals surface area contributed by atoms with Gasteiger partial charge in [-0.3, -0.25) is 8.37 Å². The summed E-state index contributed by atoms with van der Waals surface area (Å²) in [5, 5.41) is 0. The molecule has 3 fully saturated rings. The molecule has 24 heavy (non-hydrogen) atoms. The maximum Gasteiger partial charge on any atom is 0.305 e. The molecule has 3 aliphatic rings. The van der Waals surface area contributed by atoms with Crippen molar-refractivity contribution in [1.29, 1.82) is 0 Å². The highest BCUT2D eigenvalue weighted by molar-refractivity contribution is 7.75. The first-order valence-corrected chi connectivity index (χ1v) is 8.87. The highest BCUT2D eigenvalue weighted by Crippen LogP contribution is 2.45. The van der Waals surface area contributed by atoms with Crippen LogP contribution in [0.3, 0.4) is 0 Å². The van der Waals surface area contributed by atoms with E-state index >= 15 is 0 Å². The second kappa shape index (κ2) is 6.14. The van der Waals surface area contributed by atoms with Gasteiger partial charge < -0.3 is 18.9 Å². The quantitative estimate of drug-likeness (QED) is 0.808. The van der Waals surface area contributed by atoms with Gasteiger partial charge in [0.05, 0.1) is 13.2 Å². The molecular formula is C16H20O7S. The third kappa shape index (κ3) is 3.03. The van der Waals surface area contributed by atoms with Crippen molar-refractivity contribution in [3.05, 3.63) is 35.9 Å². The van der Waals surface area contributed by atoms with E-state index < -0.39 is 41.2 Å². The van der Waals surface area contributed by atoms with Gasteiger partial charge in [-0.05, 0) is 19.4 Å². The monoisotopic (exact) mass is 356 g/mol. The molecule has 1 aromatic rings. The van der Waals surface area contributed by atoms with Crippen molar-refractivity contribution in [3.63, 3.8) is 0 Å². The van der Waals surface area contributed by atoms with E-state index in [-0.39, 0.29) is 13.2 Å². The van der Waals surface area contributed by atoms with Crippen LogP contribution in [0.4, 0.5) is 0 Å². The number of benzene rings is 1. The Hall–Kier alpha value is -0.870. The molecule has 0 aliphatic carbocycles. The SMILES string of the molecule is CC1(C)O[C@H]2[C@@H]3O[S@@](=O)O[C@@H]3CO[C@@]2(COCc2ccccc2)O1. The minimum absolute atomic E-state index is 0.176. The molecule has 0 radical (unpaired) electrons. The summed E-state index contributed by atoms with van der Waals surface area (Å²) in [7, 11) is 0. The molecule has 3 heterocycles. The fourth-order valence-corrected chi connectivity index (χ4v) is 4.10. The van der Waals surface area contributed by atoms with Crippen molar-refractivity contribution < 1.29 is 31.5 Å². The Morgan fingerprint density at radius 3 is 2.83 bits per heavy atom. The van der Waals surface area contributed by atoms with Crippen molar-refractivity contribution in [2.75, 3.05) is 13.2 Å². The lowest BCUT2D eigenvalue weighted by atomic mass is 9.97. The van der Waals surface area contributed by atoms with Crippen LogP contribution < -0.4 is 0 Å². The molecule has 132 valence electrons. The zero-order chi connectivity index (χ0) is 16.8. The van der Waals surface area contributed by atoms with Crippen LogP contribution in [0.2, 0.25) is 0 Å². The molecule has 0 saturated carbocycles. The maximum atomic E-state index is 11.5. The van der Waals surface area contributed by atoms with Crippen molar-refractivity contribution in [2.24, 2.45) is 0 Å². The van der Waals surface area contributed by atoms with Crippen LogP contribution in [0.15, 0.2) is 30.3 Å². The van der Waals surface area contributed by atoms with Gasteiger partial charge in [0.15, 0.2) is 5.79 Å². The Bertz CT molecular complexity index is 622. The summed E-state index contributed by atoms with van der Waals surface area (Å²) in [5.74, 6) is -1.96. The molecule has 3 saturated heterocycles. The molecule has 1 aromatic carbocycles. The summed E-state index contributed by atoms with van der Waals surface area (Å²) >= 11 is -1.79. The average Bonchev–Trinajstić information content (AvgIpc) is 3.04. The standard InChI is InChI=1S/C16H20O7S/c1-15(2)20-14-13-12(21-24(17)22-13)9-19-16(14,23-15)10-18-8-11-6-4-3-5-7-11/h3-7,12-14H,8-10H2,1-2H3/t12-,13-,14+,16+,24+/m1/s1. The van der Waals surface area contributed by atoms with Crippen LogP contribution in [-0.2, 0) is 45.3 Å². The molecule has 0 aromatic heterocycles. The minimum Gasteiger partial charge on any atom is -0.371 e. The Labute approximate surface area is 143 Å². The summed E-state index contributed by atoms with van der Waals surface area (Å²) in [6.07, 6.45) is -1.52. The number of fused-ring (bicyclic) bond motifs is 3. The van der Waals surface area contributed by atoms with Gasteiger partial charge in [-0.2, -0.15) is 4.21 Å². The van der Waals surface area contributed by atoms with Gasteiger partial charge in [-0.1, -0.05) is 30.3 Å². The molecule has 0 bridgehead atoms. The van der Waals surface area contributed by atoms with E-state index in [0.29, 0.717) is 6.61 Å². The van der Waals surface area contributed by atoms with E-state index in [2.05, 4.69) is 0 Å². The Balaban J connectivity index is 1.49. The zero-order valence-electron chi connectivity index (χ0n) is 13.5. The van der Waals surface area contributed by atoms with Gasteiger partial charge in [-0.15, -0.1) is 0 Å². The normalized spacial score (nSPS) is 40.2. The van der Waals surface area contributed by atoms with Crippen molar-refractivity contribution in [2.45, 2.75) is 50.3 Å². The largest absolute Gasteiger partial charge is 0.371 e. The lowest BCUT2D eigenvalue weighted by Gasteiger charge is -2.39. The number of rotatable bonds is 4.